The van der Waals surface area contributed by atoms with Crippen molar-refractivity contribution in [2.45, 2.75) is 120 Å². The van der Waals surface area contributed by atoms with Crippen LogP contribution in [0.1, 0.15) is 120 Å². The predicted molar refractivity (Wildman–Crippen MR) is 130 cm³/mol. The number of hydrogen-bond donors (Lipinski definition) is 0. The van der Waals surface area contributed by atoms with Gasteiger partial charge >= 0.3 is 0 Å². The minimum Gasteiger partial charge on any atom is -0.299 e. The van der Waals surface area contributed by atoms with E-state index in [9.17, 15) is 4.79 Å². The number of carbonyl (C=O) groups is 1. The highest BCUT2D eigenvalue weighted by Gasteiger charge is 2.66. The van der Waals surface area contributed by atoms with E-state index in [1.807, 2.05) is 5.57 Å². The van der Waals surface area contributed by atoms with Crippen LogP contribution in [0.15, 0.2) is 11.6 Å². The molecule has 0 aromatic heterocycles. The van der Waals surface area contributed by atoms with Crippen LogP contribution >= 0.6 is 0 Å². The van der Waals surface area contributed by atoms with Gasteiger partial charge in [0, 0.05) is 11.8 Å². The van der Waals surface area contributed by atoms with Gasteiger partial charge in [-0.1, -0.05) is 67.0 Å². The molecule has 1 nitrogen and oxygen atoms in total. The lowest BCUT2D eigenvalue weighted by molar-refractivity contribution is -0.168. The molecule has 174 valence electrons. The summed E-state index contributed by atoms with van der Waals surface area (Å²) >= 11 is 0. The van der Waals surface area contributed by atoms with E-state index in [4.69, 9.17) is 0 Å². The van der Waals surface area contributed by atoms with E-state index in [0.29, 0.717) is 38.8 Å². The lowest BCUT2D eigenvalue weighted by Gasteiger charge is -2.69. The summed E-state index contributed by atoms with van der Waals surface area (Å²) in [6, 6.07) is 0. The minimum atomic E-state index is -0.137. The van der Waals surface area contributed by atoms with Crippen LogP contribution in [0.5, 0.6) is 0 Å². The summed E-state index contributed by atoms with van der Waals surface area (Å²) in [5, 5.41) is 0. The summed E-state index contributed by atoms with van der Waals surface area (Å²) in [7, 11) is 0. The van der Waals surface area contributed by atoms with E-state index in [1.54, 1.807) is 0 Å². The molecular formula is C30H48O. The molecule has 4 saturated carbocycles. The molecule has 0 heterocycles. The van der Waals surface area contributed by atoms with E-state index < -0.39 is 0 Å². The molecule has 1 heteroatoms. The van der Waals surface area contributed by atoms with Gasteiger partial charge in [-0.25, -0.2) is 0 Å². The third-order valence-corrected chi connectivity index (χ3v) is 12.5. The van der Waals surface area contributed by atoms with Crippen LogP contribution in [0.2, 0.25) is 0 Å². The molecule has 31 heavy (non-hydrogen) atoms. The molecule has 0 aliphatic heterocycles. The van der Waals surface area contributed by atoms with Crippen molar-refractivity contribution in [1.82, 2.24) is 0 Å². The fourth-order valence-corrected chi connectivity index (χ4v) is 10.7. The normalized spacial score (nSPS) is 52.8. The lowest BCUT2D eigenvalue weighted by Crippen LogP contribution is -2.62. The number of ketones is 1. The van der Waals surface area contributed by atoms with Crippen molar-refractivity contribution in [1.29, 1.82) is 0 Å². The number of rotatable bonds is 0. The van der Waals surface area contributed by atoms with Gasteiger partial charge in [-0.05, 0) is 103 Å². The SMILES string of the molecule is CC1(C)CC[C@]2(C)CC=C3[C@@]4(C)CC[C@H]5C(C)(C)C(=O)CC[C@@]5(C)[C@H]4CC[C@@]3(C)[C@H]2C1. The van der Waals surface area contributed by atoms with Gasteiger partial charge in [0.05, 0.1) is 0 Å². The first-order chi connectivity index (χ1) is 14.2. The summed E-state index contributed by atoms with van der Waals surface area (Å²) in [6.07, 6.45) is 15.5. The predicted octanol–water partition coefficient (Wildman–Crippen LogP) is 8.38. The van der Waals surface area contributed by atoms with Gasteiger partial charge in [-0.15, -0.1) is 0 Å². The summed E-state index contributed by atoms with van der Waals surface area (Å²) < 4.78 is 0. The quantitative estimate of drug-likeness (QED) is 0.357. The zero-order chi connectivity index (χ0) is 22.7. The van der Waals surface area contributed by atoms with Gasteiger partial charge < -0.3 is 0 Å². The van der Waals surface area contributed by atoms with Crippen LogP contribution in [0.3, 0.4) is 0 Å². The van der Waals surface area contributed by atoms with E-state index in [1.165, 1.54) is 51.4 Å². The third kappa shape index (κ3) is 2.76. The van der Waals surface area contributed by atoms with Crippen LogP contribution in [-0.2, 0) is 4.79 Å². The molecule has 5 aliphatic carbocycles. The Morgan fingerprint density at radius 3 is 2.03 bits per heavy atom. The summed E-state index contributed by atoms with van der Waals surface area (Å²) in [4.78, 5) is 12.9. The Balaban J connectivity index is 1.56. The molecule has 5 rings (SSSR count). The Labute approximate surface area is 192 Å². The first-order valence-corrected chi connectivity index (χ1v) is 13.4. The fourth-order valence-electron chi connectivity index (χ4n) is 10.7. The highest BCUT2D eigenvalue weighted by Crippen LogP contribution is 2.74. The molecule has 0 spiro atoms. The van der Waals surface area contributed by atoms with E-state index >= 15 is 0 Å². The maximum absolute atomic E-state index is 12.9. The Morgan fingerprint density at radius 1 is 0.742 bits per heavy atom. The molecule has 0 aromatic carbocycles. The van der Waals surface area contributed by atoms with Crippen LogP contribution in [0.25, 0.3) is 0 Å². The van der Waals surface area contributed by atoms with Crippen molar-refractivity contribution >= 4 is 5.78 Å². The van der Waals surface area contributed by atoms with Gasteiger partial charge in [0.15, 0.2) is 0 Å². The highest BCUT2D eigenvalue weighted by molar-refractivity contribution is 5.85. The molecule has 0 unspecified atom stereocenters. The van der Waals surface area contributed by atoms with Crippen molar-refractivity contribution in [3.8, 4) is 0 Å². The minimum absolute atomic E-state index is 0.137. The van der Waals surface area contributed by atoms with Crippen LogP contribution < -0.4 is 0 Å². The standard InChI is InChI=1S/C30H48O/c1-25(2)17-18-27(5)13-9-21-29(7)14-10-20-26(3,4)24(31)12-16-28(20,6)22(29)11-15-30(21,8)23(27)19-25/h9,20,22-23H,10-19H2,1-8H3/t20-,22+,23-,27-,28+,29+,30+/m0/s1. The van der Waals surface area contributed by atoms with Crippen molar-refractivity contribution in [3.05, 3.63) is 11.6 Å². The lowest BCUT2D eigenvalue weighted by atomic mass is 9.35. The van der Waals surface area contributed by atoms with Crippen molar-refractivity contribution in [2.24, 2.45) is 50.2 Å². The topological polar surface area (TPSA) is 17.1 Å². The molecule has 0 bridgehead atoms. The second kappa shape index (κ2) is 6.29. The van der Waals surface area contributed by atoms with Gasteiger partial charge in [-0.3, -0.25) is 4.79 Å². The number of carbonyl (C=O) groups excluding carboxylic acids is 1. The number of hydrogen-bond acceptors (Lipinski definition) is 1. The second-order valence-electron chi connectivity index (χ2n) is 15.1. The first kappa shape index (κ1) is 22.2. The van der Waals surface area contributed by atoms with Gasteiger partial charge in [0.25, 0.3) is 0 Å². The molecule has 4 fully saturated rings. The maximum atomic E-state index is 12.9. The molecule has 7 atom stereocenters. The Hall–Kier alpha value is -0.590. The largest absolute Gasteiger partial charge is 0.299 e. The van der Waals surface area contributed by atoms with Crippen molar-refractivity contribution in [3.63, 3.8) is 0 Å². The Bertz CT molecular complexity index is 831. The van der Waals surface area contributed by atoms with E-state index in [-0.39, 0.29) is 5.41 Å². The summed E-state index contributed by atoms with van der Waals surface area (Å²) in [6.45, 7) is 20.1. The van der Waals surface area contributed by atoms with E-state index in [0.717, 1.165) is 24.7 Å². The van der Waals surface area contributed by atoms with Crippen LogP contribution in [0.4, 0.5) is 0 Å². The number of fused-ring (bicyclic) bond motifs is 7. The second-order valence-corrected chi connectivity index (χ2v) is 15.1. The first-order valence-electron chi connectivity index (χ1n) is 13.4. The van der Waals surface area contributed by atoms with Gasteiger partial charge in [0.1, 0.15) is 5.78 Å². The molecular weight excluding hydrogens is 376 g/mol. The molecule has 0 saturated heterocycles. The Morgan fingerprint density at radius 2 is 1.35 bits per heavy atom. The zero-order valence-electron chi connectivity index (χ0n) is 21.8. The fraction of sp³-hybridized carbons (Fsp3) is 0.900. The van der Waals surface area contributed by atoms with Gasteiger partial charge in [0.2, 0.25) is 0 Å². The summed E-state index contributed by atoms with van der Waals surface area (Å²) in [5.74, 6) is 2.66. The van der Waals surface area contributed by atoms with Crippen LogP contribution in [0, 0.1) is 50.2 Å². The molecule has 0 aromatic rings. The molecule has 0 amide bonds. The average molecular weight is 425 g/mol. The molecule has 5 aliphatic rings. The maximum Gasteiger partial charge on any atom is 0.138 e. The number of allylic oxidation sites excluding steroid dienone is 2. The van der Waals surface area contributed by atoms with Gasteiger partial charge in [-0.2, -0.15) is 0 Å². The smallest absolute Gasteiger partial charge is 0.138 e. The molecule has 0 N–H and O–H groups in total. The number of Topliss-reactive ketones (excluding diaryl/α,β-unsaturated/α-hetero) is 1. The van der Waals surface area contributed by atoms with E-state index in [2.05, 4.69) is 61.5 Å². The van der Waals surface area contributed by atoms with Crippen molar-refractivity contribution in [2.75, 3.05) is 0 Å². The van der Waals surface area contributed by atoms with Crippen molar-refractivity contribution < 1.29 is 4.79 Å². The zero-order valence-corrected chi connectivity index (χ0v) is 21.8. The Kier molecular flexibility index (Phi) is 4.51. The highest BCUT2D eigenvalue weighted by atomic mass is 16.1. The van der Waals surface area contributed by atoms with Crippen LogP contribution in [-0.4, -0.2) is 5.78 Å². The average Bonchev–Trinajstić information content (AvgIpc) is 2.66. The summed E-state index contributed by atoms with van der Waals surface area (Å²) in [5.41, 5.74) is 3.73. The third-order valence-electron chi connectivity index (χ3n) is 12.5. The monoisotopic (exact) mass is 424 g/mol. The molecule has 0 radical (unpaired) electrons.